The van der Waals surface area contributed by atoms with Crippen molar-refractivity contribution in [3.05, 3.63) is 17.8 Å². The molecule has 84 valence electrons. The number of hydrogen-bond acceptors (Lipinski definition) is 5. The number of hydrogen-bond donors (Lipinski definition) is 1. The molecule has 1 N–H and O–H groups in total. The number of nitrogens with zero attached hydrogens (tertiary/aromatic N) is 3. The van der Waals surface area contributed by atoms with E-state index in [9.17, 15) is 4.21 Å². The molecular formula is C10H12N4OS. The fourth-order valence-electron chi connectivity index (χ4n) is 1.66. The smallest absolute Gasteiger partial charge is 0.166 e. The molecule has 1 aliphatic heterocycles. The first-order valence-electron chi connectivity index (χ1n) is 5.13. The summed E-state index contributed by atoms with van der Waals surface area (Å²) in [6.07, 6.45) is 3.21. The van der Waals surface area contributed by atoms with Crippen molar-refractivity contribution in [2.24, 2.45) is 0 Å². The second kappa shape index (κ2) is 5.03. The molecule has 0 radical (unpaired) electrons. The van der Waals surface area contributed by atoms with Gasteiger partial charge in [0.1, 0.15) is 6.07 Å². The van der Waals surface area contributed by atoms with E-state index in [1.165, 1.54) is 6.20 Å². The van der Waals surface area contributed by atoms with E-state index in [2.05, 4.69) is 21.6 Å². The van der Waals surface area contributed by atoms with E-state index in [-0.39, 0.29) is 6.04 Å². The van der Waals surface area contributed by atoms with Crippen LogP contribution in [0, 0.1) is 11.3 Å². The van der Waals surface area contributed by atoms with E-state index < -0.39 is 10.8 Å². The lowest BCUT2D eigenvalue weighted by atomic mass is 10.1. The van der Waals surface area contributed by atoms with Crippen LogP contribution < -0.4 is 5.32 Å². The van der Waals surface area contributed by atoms with Crippen molar-refractivity contribution in [3.63, 3.8) is 0 Å². The zero-order valence-corrected chi connectivity index (χ0v) is 9.54. The predicted molar refractivity (Wildman–Crippen MR) is 61.3 cm³/mol. The lowest BCUT2D eigenvalue weighted by Gasteiger charge is -2.22. The molecule has 1 aliphatic rings. The zero-order chi connectivity index (χ0) is 11.4. The maximum absolute atomic E-state index is 11.2. The molecule has 1 fully saturated rings. The van der Waals surface area contributed by atoms with Gasteiger partial charge in [0.15, 0.2) is 5.82 Å². The van der Waals surface area contributed by atoms with Crippen LogP contribution in [0.15, 0.2) is 12.3 Å². The van der Waals surface area contributed by atoms with Crippen LogP contribution >= 0.6 is 0 Å². The van der Waals surface area contributed by atoms with Gasteiger partial charge in [-0.25, -0.2) is 0 Å². The fourth-order valence-corrected chi connectivity index (χ4v) is 2.96. The van der Waals surface area contributed by atoms with Crippen LogP contribution in [-0.2, 0) is 10.8 Å². The summed E-state index contributed by atoms with van der Waals surface area (Å²) in [4.78, 5) is 0. The fraction of sp³-hybridized carbons (Fsp3) is 0.500. The second-order valence-electron chi connectivity index (χ2n) is 3.67. The van der Waals surface area contributed by atoms with Crippen molar-refractivity contribution >= 4 is 16.6 Å². The monoisotopic (exact) mass is 236 g/mol. The molecule has 5 nitrogen and oxygen atoms in total. The third kappa shape index (κ3) is 2.55. The molecule has 0 saturated carbocycles. The summed E-state index contributed by atoms with van der Waals surface area (Å²) in [5, 5.41) is 19.7. The van der Waals surface area contributed by atoms with E-state index in [0.29, 0.717) is 11.4 Å². The summed E-state index contributed by atoms with van der Waals surface area (Å²) in [5.41, 5.74) is 0.502. The molecule has 0 unspecified atom stereocenters. The molecule has 0 aromatic carbocycles. The minimum atomic E-state index is -0.667. The number of rotatable bonds is 2. The average Bonchev–Trinajstić information content (AvgIpc) is 2.33. The van der Waals surface area contributed by atoms with Crippen LogP contribution in [0.4, 0.5) is 5.82 Å². The molecule has 0 atom stereocenters. The number of nitrogens with one attached hydrogen (secondary N) is 1. The third-order valence-corrected chi connectivity index (χ3v) is 3.95. The summed E-state index contributed by atoms with van der Waals surface area (Å²) in [6.45, 7) is 0. The van der Waals surface area contributed by atoms with Gasteiger partial charge in [-0.3, -0.25) is 4.21 Å². The van der Waals surface area contributed by atoms with Gasteiger partial charge in [-0.15, -0.1) is 5.10 Å². The van der Waals surface area contributed by atoms with E-state index >= 15 is 0 Å². The van der Waals surface area contributed by atoms with Gasteiger partial charge < -0.3 is 5.32 Å². The highest BCUT2D eigenvalue weighted by Gasteiger charge is 2.18. The minimum absolute atomic E-state index is 0.251. The molecule has 0 bridgehead atoms. The number of anilines is 1. The molecule has 16 heavy (non-hydrogen) atoms. The van der Waals surface area contributed by atoms with Gasteiger partial charge >= 0.3 is 0 Å². The lowest BCUT2D eigenvalue weighted by molar-refractivity contribution is 0.621. The van der Waals surface area contributed by atoms with Gasteiger partial charge in [0, 0.05) is 28.3 Å². The summed E-state index contributed by atoms with van der Waals surface area (Å²) in [6, 6.07) is 3.96. The Kier molecular flexibility index (Phi) is 3.47. The van der Waals surface area contributed by atoms with E-state index in [1.807, 2.05) is 0 Å². The molecule has 0 aliphatic carbocycles. The van der Waals surface area contributed by atoms with Crippen LogP contribution in [0.3, 0.4) is 0 Å². The van der Waals surface area contributed by atoms with E-state index in [4.69, 9.17) is 5.26 Å². The van der Waals surface area contributed by atoms with Crippen LogP contribution in [0.2, 0.25) is 0 Å². The third-order valence-electron chi connectivity index (χ3n) is 2.57. The Hall–Kier alpha value is -1.48. The van der Waals surface area contributed by atoms with Crippen molar-refractivity contribution in [2.75, 3.05) is 16.8 Å². The Morgan fingerprint density at radius 2 is 2.25 bits per heavy atom. The van der Waals surface area contributed by atoms with Gasteiger partial charge in [-0.1, -0.05) is 0 Å². The van der Waals surface area contributed by atoms with Crippen molar-refractivity contribution < 1.29 is 4.21 Å². The van der Waals surface area contributed by atoms with Crippen LogP contribution in [-0.4, -0.2) is 32.0 Å². The first kappa shape index (κ1) is 11.0. The topological polar surface area (TPSA) is 78.7 Å². The van der Waals surface area contributed by atoms with Crippen LogP contribution in [0.1, 0.15) is 18.4 Å². The molecule has 1 aromatic rings. The van der Waals surface area contributed by atoms with Gasteiger partial charge in [-0.2, -0.15) is 10.4 Å². The SMILES string of the molecule is N#Cc1ccnnc1NC1CCS(=O)CC1. The Balaban J connectivity index is 2.04. The summed E-state index contributed by atoms with van der Waals surface area (Å²) >= 11 is 0. The largest absolute Gasteiger partial charge is 0.365 e. The molecule has 1 saturated heterocycles. The molecule has 0 amide bonds. The Morgan fingerprint density at radius 1 is 1.50 bits per heavy atom. The average molecular weight is 236 g/mol. The molecule has 2 rings (SSSR count). The maximum atomic E-state index is 11.2. The van der Waals surface area contributed by atoms with Crippen molar-refractivity contribution in [2.45, 2.75) is 18.9 Å². The highest BCUT2D eigenvalue weighted by atomic mass is 32.2. The summed E-state index contributed by atoms with van der Waals surface area (Å²) < 4.78 is 11.2. The summed E-state index contributed by atoms with van der Waals surface area (Å²) in [7, 11) is -0.667. The predicted octanol–water partition coefficient (Wildman–Crippen LogP) is 0.671. The first-order valence-corrected chi connectivity index (χ1v) is 6.61. The number of aromatic nitrogens is 2. The Labute approximate surface area is 96.3 Å². The van der Waals surface area contributed by atoms with Gasteiger partial charge in [0.05, 0.1) is 11.8 Å². The van der Waals surface area contributed by atoms with E-state index in [0.717, 1.165) is 24.3 Å². The number of nitriles is 1. The van der Waals surface area contributed by atoms with Gasteiger partial charge in [0.25, 0.3) is 0 Å². The van der Waals surface area contributed by atoms with Crippen LogP contribution in [0.25, 0.3) is 0 Å². The minimum Gasteiger partial charge on any atom is -0.365 e. The van der Waals surface area contributed by atoms with Crippen LogP contribution in [0.5, 0.6) is 0 Å². The second-order valence-corrected chi connectivity index (χ2v) is 5.37. The van der Waals surface area contributed by atoms with Crippen molar-refractivity contribution in [1.82, 2.24) is 10.2 Å². The molecule has 6 heteroatoms. The maximum Gasteiger partial charge on any atom is 0.166 e. The standard InChI is InChI=1S/C10H12N4OS/c11-7-8-1-4-12-14-10(8)13-9-2-5-16(15)6-3-9/h1,4,9H,2-3,5-6H2,(H,13,14). The quantitative estimate of drug-likeness (QED) is 0.816. The zero-order valence-electron chi connectivity index (χ0n) is 8.72. The molecule has 1 aromatic heterocycles. The highest BCUT2D eigenvalue weighted by molar-refractivity contribution is 7.85. The van der Waals surface area contributed by atoms with Crippen molar-refractivity contribution in [1.29, 1.82) is 5.26 Å². The highest BCUT2D eigenvalue weighted by Crippen LogP contribution is 2.16. The van der Waals surface area contributed by atoms with E-state index in [1.54, 1.807) is 6.07 Å². The molecule has 0 spiro atoms. The van der Waals surface area contributed by atoms with Gasteiger partial charge in [-0.05, 0) is 18.9 Å². The lowest BCUT2D eigenvalue weighted by Crippen LogP contribution is -2.30. The molecular weight excluding hydrogens is 224 g/mol. The summed E-state index contributed by atoms with van der Waals surface area (Å²) in [5.74, 6) is 1.97. The normalized spacial score (nSPS) is 24.7. The Bertz CT molecular complexity index is 433. The van der Waals surface area contributed by atoms with Gasteiger partial charge in [0.2, 0.25) is 0 Å². The van der Waals surface area contributed by atoms with Crippen molar-refractivity contribution in [3.8, 4) is 6.07 Å². The Morgan fingerprint density at radius 3 is 2.94 bits per heavy atom. The first-order chi connectivity index (χ1) is 7.79. The molecule has 2 heterocycles.